The molecule has 23 heavy (non-hydrogen) atoms. The zero-order valence-corrected chi connectivity index (χ0v) is 14.4. The number of carbonyl (C=O) groups is 1. The van der Waals surface area contributed by atoms with E-state index in [1.165, 1.54) is 0 Å². The van der Waals surface area contributed by atoms with E-state index in [1.54, 1.807) is 7.11 Å². The molecule has 0 aliphatic carbocycles. The molecule has 0 bridgehead atoms. The van der Waals surface area contributed by atoms with Crippen molar-refractivity contribution in [2.45, 2.75) is 19.9 Å². The topological polar surface area (TPSA) is 64.3 Å². The van der Waals surface area contributed by atoms with Gasteiger partial charge in [-0.1, -0.05) is 43.3 Å². The molecule has 2 rings (SSSR count). The summed E-state index contributed by atoms with van der Waals surface area (Å²) in [6.45, 7) is 3.80. The third kappa shape index (κ3) is 4.71. The summed E-state index contributed by atoms with van der Waals surface area (Å²) in [5, 5.41) is 2.91. The first kappa shape index (κ1) is 19.0. The summed E-state index contributed by atoms with van der Waals surface area (Å²) >= 11 is 0. The predicted octanol–water partition coefficient (Wildman–Crippen LogP) is 3.70. The summed E-state index contributed by atoms with van der Waals surface area (Å²) in [4.78, 5) is 12.5. The number of benzene rings is 2. The summed E-state index contributed by atoms with van der Waals surface area (Å²) in [6.07, 6.45) is 0. The Morgan fingerprint density at radius 2 is 1.83 bits per heavy atom. The highest BCUT2D eigenvalue weighted by Gasteiger charge is 2.23. The van der Waals surface area contributed by atoms with Crippen molar-refractivity contribution in [3.05, 3.63) is 59.7 Å². The van der Waals surface area contributed by atoms with Crippen molar-refractivity contribution in [1.82, 2.24) is 0 Å². The molecule has 0 heterocycles. The van der Waals surface area contributed by atoms with Crippen molar-refractivity contribution >= 4 is 24.0 Å². The molecule has 2 atom stereocenters. The number of aryl methyl sites for hydroxylation is 1. The Morgan fingerprint density at radius 3 is 2.43 bits per heavy atom. The second-order valence-electron chi connectivity index (χ2n) is 5.42. The van der Waals surface area contributed by atoms with E-state index in [0.717, 1.165) is 11.1 Å². The molecule has 1 amide bonds. The summed E-state index contributed by atoms with van der Waals surface area (Å²) in [6, 6.07) is 14.9. The van der Waals surface area contributed by atoms with E-state index < -0.39 is 0 Å². The van der Waals surface area contributed by atoms with Crippen LogP contribution < -0.4 is 15.8 Å². The number of nitrogens with two attached hydrogens (primary N) is 1. The van der Waals surface area contributed by atoms with Crippen LogP contribution >= 0.6 is 12.4 Å². The lowest BCUT2D eigenvalue weighted by molar-refractivity contribution is -0.120. The van der Waals surface area contributed by atoms with Gasteiger partial charge in [-0.2, -0.15) is 0 Å². The Kier molecular flexibility index (Phi) is 7.07. The van der Waals surface area contributed by atoms with Gasteiger partial charge in [0.05, 0.1) is 18.7 Å². The molecule has 2 unspecified atom stereocenters. The van der Waals surface area contributed by atoms with Gasteiger partial charge in [-0.3, -0.25) is 4.79 Å². The van der Waals surface area contributed by atoms with Gasteiger partial charge in [0.25, 0.3) is 0 Å². The van der Waals surface area contributed by atoms with Crippen LogP contribution in [-0.2, 0) is 4.79 Å². The fourth-order valence-electron chi connectivity index (χ4n) is 2.29. The lowest BCUT2D eigenvalue weighted by atomic mass is 9.94. The Labute approximate surface area is 143 Å². The minimum atomic E-state index is -0.354. The molecule has 0 aliphatic heterocycles. The first-order valence-electron chi connectivity index (χ1n) is 7.29. The Balaban J connectivity index is 0.00000264. The molecule has 0 aromatic heterocycles. The normalized spacial score (nSPS) is 12.7. The van der Waals surface area contributed by atoms with Crippen molar-refractivity contribution in [2.24, 2.45) is 11.7 Å². The van der Waals surface area contributed by atoms with Crippen LogP contribution in [0.5, 0.6) is 5.75 Å². The van der Waals surface area contributed by atoms with Gasteiger partial charge in [-0.15, -0.1) is 12.4 Å². The van der Waals surface area contributed by atoms with Gasteiger partial charge in [0.15, 0.2) is 0 Å². The molecule has 3 N–H and O–H groups in total. The smallest absolute Gasteiger partial charge is 0.229 e. The molecule has 0 fully saturated rings. The van der Waals surface area contributed by atoms with Crippen LogP contribution in [0.15, 0.2) is 48.5 Å². The average Bonchev–Trinajstić information content (AvgIpc) is 2.54. The number of hydrogen-bond acceptors (Lipinski definition) is 3. The van der Waals surface area contributed by atoms with Crippen molar-refractivity contribution in [2.75, 3.05) is 12.4 Å². The van der Waals surface area contributed by atoms with Crippen molar-refractivity contribution < 1.29 is 9.53 Å². The number of carbonyl (C=O) groups excluding carboxylic acids is 1. The first-order valence-corrected chi connectivity index (χ1v) is 7.29. The number of rotatable bonds is 5. The van der Waals surface area contributed by atoms with E-state index >= 15 is 0 Å². The van der Waals surface area contributed by atoms with Crippen LogP contribution in [0.4, 0.5) is 5.69 Å². The number of methoxy groups -OCH3 is 1. The van der Waals surface area contributed by atoms with Gasteiger partial charge >= 0.3 is 0 Å². The minimum Gasteiger partial charge on any atom is -0.495 e. The lowest BCUT2D eigenvalue weighted by Gasteiger charge is -2.20. The predicted molar refractivity (Wildman–Crippen MR) is 96.1 cm³/mol. The van der Waals surface area contributed by atoms with Gasteiger partial charge in [-0.05, 0) is 30.2 Å². The number of nitrogens with one attached hydrogen (secondary N) is 1. The molecule has 0 saturated heterocycles. The van der Waals surface area contributed by atoms with Crippen LogP contribution in [0.3, 0.4) is 0 Å². The van der Waals surface area contributed by atoms with Crippen molar-refractivity contribution in [3.63, 3.8) is 0 Å². The minimum absolute atomic E-state index is 0. The van der Waals surface area contributed by atoms with Crippen LogP contribution in [0, 0.1) is 12.8 Å². The first-order chi connectivity index (χ1) is 10.5. The monoisotopic (exact) mass is 334 g/mol. The quantitative estimate of drug-likeness (QED) is 0.876. The largest absolute Gasteiger partial charge is 0.495 e. The maximum absolute atomic E-state index is 12.5. The zero-order chi connectivity index (χ0) is 16.1. The van der Waals surface area contributed by atoms with Gasteiger partial charge in [-0.25, -0.2) is 0 Å². The molecular weight excluding hydrogens is 312 g/mol. The van der Waals surface area contributed by atoms with Crippen molar-refractivity contribution in [3.8, 4) is 5.75 Å². The Bertz CT molecular complexity index is 647. The lowest BCUT2D eigenvalue weighted by Crippen LogP contribution is -2.30. The zero-order valence-electron chi connectivity index (χ0n) is 13.6. The number of amides is 1. The highest BCUT2D eigenvalue weighted by atomic mass is 35.5. The maximum atomic E-state index is 12.5. The molecule has 4 nitrogen and oxygen atoms in total. The summed E-state index contributed by atoms with van der Waals surface area (Å²) in [7, 11) is 1.58. The maximum Gasteiger partial charge on any atom is 0.229 e. The van der Waals surface area contributed by atoms with Crippen molar-refractivity contribution in [1.29, 1.82) is 0 Å². The fraction of sp³-hybridized carbons (Fsp3) is 0.278. The molecule has 0 saturated carbocycles. The second kappa shape index (κ2) is 8.56. The third-order valence-corrected chi connectivity index (χ3v) is 3.75. The molecule has 0 spiro atoms. The third-order valence-electron chi connectivity index (χ3n) is 3.75. The van der Waals surface area contributed by atoms with E-state index in [0.29, 0.717) is 11.4 Å². The van der Waals surface area contributed by atoms with E-state index in [1.807, 2.05) is 62.4 Å². The molecule has 2 aromatic rings. The molecule has 0 aliphatic rings. The highest BCUT2D eigenvalue weighted by molar-refractivity contribution is 5.94. The molecule has 124 valence electrons. The SMILES string of the molecule is COc1ccc(C)cc1NC(=O)C(C)C(N)c1ccccc1.Cl. The van der Waals surface area contributed by atoms with Crippen LogP contribution in [0.2, 0.25) is 0 Å². The van der Waals surface area contributed by atoms with Gasteiger partial charge in [0.1, 0.15) is 5.75 Å². The number of ether oxygens (including phenoxy) is 1. The van der Waals surface area contributed by atoms with E-state index in [9.17, 15) is 4.79 Å². The standard InChI is InChI=1S/C18H22N2O2.ClH/c1-12-9-10-16(22-3)15(11-12)20-18(21)13(2)17(19)14-7-5-4-6-8-14;/h4-11,13,17H,19H2,1-3H3,(H,20,21);1H. The summed E-state index contributed by atoms with van der Waals surface area (Å²) in [5.74, 6) is 0.160. The van der Waals surface area contributed by atoms with E-state index in [4.69, 9.17) is 10.5 Å². The van der Waals surface area contributed by atoms with Crippen LogP contribution in [0.25, 0.3) is 0 Å². The number of anilines is 1. The average molecular weight is 335 g/mol. The molecular formula is C18H23ClN2O2. The number of halogens is 1. The number of hydrogen-bond donors (Lipinski definition) is 2. The molecule has 2 aromatic carbocycles. The highest BCUT2D eigenvalue weighted by Crippen LogP contribution is 2.27. The van der Waals surface area contributed by atoms with E-state index in [2.05, 4.69) is 5.32 Å². The van der Waals surface area contributed by atoms with Gasteiger partial charge in [0, 0.05) is 6.04 Å². The summed E-state index contributed by atoms with van der Waals surface area (Å²) < 4.78 is 5.28. The van der Waals surface area contributed by atoms with Gasteiger partial charge < -0.3 is 15.8 Å². The molecule has 0 radical (unpaired) electrons. The Morgan fingerprint density at radius 1 is 1.17 bits per heavy atom. The second-order valence-corrected chi connectivity index (χ2v) is 5.42. The van der Waals surface area contributed by atoms with Crippen LogP contribution in [-0.4, -0.2) is 13.0 Å². The Hall–Kier alpha value is -2.04. The molecule has 5 heteroatoms. The summed E-state index contributed by atoms with van der Waals surface area (Å²) in [5.41, 5.74) is 8.87. The fourth-order valence-corrected chi connectivity index (χ4v) is 2.29. The van der Waals surface area contributed by atoms with Crippen LogP contribution in [0.1, 0.15) is 24.1 Å². The van der Waals surface area contributed by atoms with Gasteiger partial charge in [0.2, 0.25) is 5.91 Å². The van der Waals surface area contributed by atoms with E-state index in [-0.39, 0.29) is 30.3 Å².